The lowest BCUT2D eigenvalue weighted by molar-refractivity contribution is 0.0594. The molecule has 0 saturated carbocycles. The molecule has 1 aromatic carbocycles. The molecule has 4 rings (SSSR count). The molecule has 0 radical (unpaired) electrons. The third-order valence-corrected chi connectivity index (χ3v) is 5.34. The number of oxazole rings is 1. The summed E-state index contributed by atoms with van der Waals surface area (Å²) < 4.78 is 29.6. The Labute approximate surface area is 191 Å². The fourth-order valence-electron chi connectivity index (χ4n) is 2.58. The van der Waals surface area contributed by atoms with E-state index in [0.717, 1.165) is 0 Å². The first kappa shape index (κ1) is 21.8. The highest BCUT2D eigenvalue weighted by Gasteiger charge is 2.18. The molecular weight excluding hydrogens is 457 g/mol. The molecule has 10 heteroatoms. The maximum absolute atomic E-state index is 13.3. The number of pyridine rings is 2. The van der Waals surface area contributed by atoms with Crippen LogP contribution in [0.4, 0.5) is 4.39 Å². The minimum Gasteiger partial charge on any atom is -0.486 e. The van der Waals surface area contributed by atoms with Crippen LogP contribution in [-0.2, 0) is 11.3 Å². The smallest absolute Gasteiger partial charge is 0.356 e. The standard InChI is InChI=1S/C22H15ClFN3O4S/c1-29-21(28)17-8-7-16(11-25-17)30-12-18-22(32-19-9-4-14(23)10-26-19)31-20(27-18)13-2-5-15(24)6-3-13/h2-11H,12H2,1H3. The third-order valence-electron chi connectivity index (χ3n) is 4.16. The first-order valence-electron chi connectivity index (χ1n) is 9.24. The number of carbonyl (C=O) groups is 1. The van der Waals surface area contributed by atoms with Crippen LogP contribution < -0.4 is 4.74 Å². The topological polar surface area (TPSA) is 87.3 Å². The first-order chi connectivity index (χ1) is 15.5. The summed E-state index contributed by atoms with van der Waals surface area (Å²) in [6.07, 6.45) is 2.95. The number of halogens is 2. The Morgan fingerprint density at radius 2 is 1.91 bits per heavy atom. The number of aromatic nitrogens is 3. The number of rotatable bonds is 7. The third kappa shape index (κ3) is 5.24. The van der Waals surface area contributed by atoms with Crippen LogP contribution in [0.3, 0.4) is 0 Å². The Morgan fingerprint density at radius 1 is 1.09 bits per heavy atom. The van der Waals surface area contributed by atoms with E-state index in [1.807, 2.05) is 0 Å². The molecule has 3 heterocycles. The fourth-order valence-corrected chi connectivity index (χ4v) is 3.47. The zero-order chi connectivity index (χ0) is 22.5. The van der Waals surface area contributed by atoms with Crippen molar-refractivity contribution in [3.8, 4) is 17.2 Å². The Kier molecular flexibility index (Phi) is 6.67. The normalized spacial score (nSPS) is 10.7. The molecule has 0 N–H and O–H groups in total. The van der Waals surface area contributed by atoms with Gasteiger partial charge in [0.1, 0.15) is 34.6 Å². The van der Waals surface area contributed by atoms with Crippen LogP contribution in [0.5, 0.6) is 5.75 Å². The monoisotopic (exact) mass is 471 g/mol. The second kappa shape index (κ2) is 9.80. The van der Waals surface area contributed by atoms with Crippen molar-refractivity contribution in [3.63, 3.8) is 0 Å². The van der Waals surface area contributed by atoms with Gasteiger partial charge >= 0.3 is 5.97 Å². The van der Waals surface area contributed by atoms with Gasteiger partial charge in [-0.2, -0.15) is 0 Å². The molecule has 0 fully saturated rings. The van der Waals surface area contributed by atoms with Gasteiger partial charge in [-0.1, -0.05) is 11.6 Å². The molecule has 0 amide bonds. The summed E-state index contributed by atoms with van der Waals surface area (Å²) in [6.45, 7) is 0.0693. The lowest BCUT2D eigenvalue weighted by atomic mass is 10.2. The fraction of sp³-hybridized carbons (Fsp3) is 0.0909. The zero-order valence-electron chi connectivity index (χ0n) is 16.6. The molecular formula is C22H15ClFN3O4S. The average Bonchev–Trinajstić information content (AvgIpc) is 3.22. The highest BCUT2D eigenvalue weighted by Crippen LogP contribution is 2.34. The van der Waals surface area contributed by atoms with E-state index >= 15 is 0 Å². The lowest BCUT2D eigenvalue weighted by Crippen LogP contribution is -2.04. The maximum Gasteiger partial charge on any atom is 0.356 e. The molecule has 162 valence electrons. The van der Waals surface area contributed by atoms with Gasteiger partial charge in [0.2, 0.25) is 5.89 Å². The molecule has 3 aromatic heterocycles. The van der Waals surface area contributed by atoms with Gasteiger partial charge in [0, 0.05) is 11.8 Å². The van der Waals surface area contributed by atoms with Gasteiger partial charge in [0.15, 0.2) is 5.09 Å². The van der Waals surface area contributed by atoms with Gasteiger partial charge in [-0.25, -0.2) is 24.1 Å². The summed E-state index contributed by atoms with van der Waals surface area (Å²) >= 11 is 7.16. The highest BCUT2D eigenvalue weighted by molar-refractivity contribution is 7.99. The van der Waals surface area contributed by atoms with Crippen molar-refractivity contribution in [2.45, 2.75) is 16.7 Å². The maximum atomic E-state index is 13.3. The Morgan fingerprint density at radius 3 is 2.56 bits per heavy atom. The van der Waals surface area contributed by atoms with Gasteiger partial charge in [0.25, 0.3) is 0 Å². The summed E-state index contributed by atoms with van der Waals surface area (Å²) in [7, 11) is 1.28. The second-order valence-electron chi connectivity index (χ2n) is 6.34. The van der Waals surface area contributed by atoms with Crippen LogP contribution >= 0.6 is 23.4 Å². The number of ether oxygens (including phenoxy) is 2. The van der Waals surface area contributed by atoms with Crippen molar-refractivity contribution in [2.75, 3.05) is 7.11 Å². The number of methoxy groups -OCH3 is 1. The largest absolute Gasteiger partial charge is 0.486 e. The quantitative estimate of drug-likeness (QED) is 0.329. The number of nitrogens with zero attached hydrogens (tertiary/aromatic N) is 3. The van der Waals surface area contributed by atoms with E-state index in [1.54, 1.807) is 30.3 Å². The van der Waals surface area contributed by atoms with Crippen molar-refractivity contribution < 1.29 is 23.1 Å². The van der Waals surface area contributed by atoms with Crippen LogP contribution in [-0.4, -0.2) is 28.0 Å². The predicted octanol–water partition coefficient (Wildman–Crippen LogP) is 5.44. The van der Waals surface area contributed by atoms with E-state index in [0.29, 0.717) is 38.0 Å². The van der Waals surface area contributed by atoms with Crippen LogP contribution in [0.25, 0.3) is 11.5 Å². The lowest BCUT2D eigenvalue weighted by Gasteiger charge is -2.05. The van der Waals surface area contributed by atoms with E-state index < -0.39 is 5.97 Å². The predicted molar refractivity (Wildman–Crippen MR) is 115 cm³/mol. The summed E-state index contributed by atoms with van der Waals surface area (Å²) in [6, 6.07) is 12.4. The molecule has 4 aromatic rings. The van der Waals surface area contributed by atoms with Crippen LogP contribution in [0, 0.1) is 5.82 Å². The van der Waals surface area contributed by atoms with Crippen LogP contribution in [0.15, 0.2) is 75.5 Å². The first-order valence-corrected chi connectivity index (χ1v) is 10.4. The summed E-state index contributed by atoms with van der Waals surface area (Å²) in [4.78, 5) is 24.3. The van der Waals surface area contributed by atoms with Gasteiger partial charge in [-0.15, -0.1) is 0 Å². The number of benzene rings is 1. The van der Waals surface area contributed by atoms with E-state index in [4.69, 9.17) is 20.8 Å². The summed E-state index contributed by atoms with van der Waals surface area (Å²) in [5, 5.41) is 1.64. The average molecular weight is 472 g/mol. The summed E-state index contributed by atoms with van der Waals surface area (Å²) in [5.74, 6) is -0.137. The Bertz CT molecular complexity index is 1220. The van der Waals surface area contributed by atoms with Crippen molar-refractivity contribution >= 4 is 29.3 Å². The highest BCUT2D eigenvalue weighted by atomic mass is 35.5. The molecule has 0 saturated heterocycles. The molecule has 0 aliphatic rings. The zero-order valence-corrected chi connectivity index (χ0v) is 18.2. The molecule has 7 nitrogen and oxygen atoms in total. The molecule has 0 unspecified atom stereocenters. The van der Waals surface area contributed by atoms with Crippen molar-refractivity contribution in [3.05, 3.63) is 83.2 Å². The number of hydrogen-bond donors (Lipinski definition) is 0. The van der Waals surface area contributed by atoms with Gasteiger partial charge in [-0.05, 0) is 60.3 Å². The van der Waals surface area contributed by atoms with Crippen LogP contribution in [0.1, 0.15) is 16.2 Å². The minimum atomic E-state index is -0.536. The van der Waals surface area contributed by atoms with Crippen LogP contribution in [0.2, 0.25) is 5.02 Å². The number of esters is 1. The Hall–Kier alpha value is -3.43. The van der Waals surface area contributed by atoms with Crippen molar-refractivity contribution in [1.29, 1.82) is 0 Å². The molecule has 0 aliphatic carbocycles. The molecule has 32 heavy (non-hydrogen) atoms. The number of carbonyl (C=O) groups excluding carboxylic acids is 1. The van der Waals surface area contributed by atoms with Gasteiger partial charge < -0.3 is 13.9 Å². The van der Waals surface area contributed by atoms with Gasteiger partial charge in [0.05, 0.1) is 18.3 Å². The van der Waals surface area contributed by atoms with E-state index in [1.165, 1.54) is 49.5 Å². The van der Waals surface area contributed by atoms with E-state index in [-0.39, 0.29) is 18.1 Å². The molecule has 0 spiro atoms. The van der Waals surface area contributed by atoms with E-state index in [9.17, 15) is 9.18 Å². The SMILES string of the molecule is COC(=O)c1ccc(OCc2nc(-c3ccc(F)cc3)oc2Sc2ccc(Cl)cn2)cn1. The molecule has 0 bridgehead atoms. The van der Waals surface area contributed by atoms with Gasteiger partial charge in [-0.3, -0.25) is 0 Å². The van der Waals surface area contributed by atoms with Crippen molar-refractivity contribution in [2.24, 2.45) is 0 Å². The Balaban J connectivity index is 1.57. The second-order valence-corrected chi connectivity index (χ2v) is 7.77. The number of hydrogen-bond acceptors (Lipinski definition) is 8. The van der Waals surface area contributed by atoms with Crippen molar-refractivity contribution in [1.82, 2.24) is 15.0 Å². The molecule has 0 aliphatic heterocycles. The van der Waals surface area contributed by atoms with E-state index in [2.05, 4.69) is 19.7 Å². The summed E-state index contributed by atoms with van der Waals surface area (Å²) in [5.41, 5.74) is 1.31. The molecule has 0 atom stereocenters. The minimum absolute atomic E-state index is 0.0693.